The van der Waals surface area contributed by atoms with E-state index in [4.69, 9.17) is 9.47 Å². The minimum absolute atomic E-state index is 0.181. The van der Waals surface area contributed by atoms with Gasteiger partial charge in [0, 0.05) is 37.7 Å². The Morgan fingerprint density at radius 3 is 2.57 bits per heavy atom. The highest BCUT2D eigenvalue weighted by molar-refractivity contribution is 5.97. The molecule has 2 atom stereocenters. The van der Waals surface area contributed by atoms with Crippen LogP contribution in [-0.2, 0) is 0 Å². The molecule has 37 heavy (non-hydrogen) atoms. The Morgan fingerprint density at radius 2 is 1.89 bits per heavy atom. The van der Waals surface area contributed by atoms with Crippen molar-refractivity contribution in [3.8, 4) is 17.4 Å². The van der Waals surface area contributed by atoms with Gasteiger partial charge in [0.25, 0.3) is 17.7 Å². The van der Waals surface area contributed by atoms with Crippen LogP contribution in [-0.4, -0.2) is 71.2 Å². The first kappa shape index (κ1) is 25.8. The molecule has 4 rings (SSSR count). The largest absolute Gasteiger partial charge is 0.573 e. The lowest BCUT2D eigenvalue weighted by Gasteiger charge is -2.39. The standard InChI is InChI=1S/C24H24F3N5O5/c1-35-20-12-15(13-28-22(20)36-2)23(34)31-11-8-17(18(14-31)32-10-5-9-29-32)30-21(33)16-6-3-4-7-19(16)37-24(25,26)27/h3-7,9-10,12-13,17-18H,8,11,14H2,1-2H3,(H,30,33)/t17-,18-/m1/s1. The summed E-state index contributed by atoms with van der Waals surface area (Å²) < 4.78 is 54.4. The number of nitrogens with zero attached hydrogens (tertiary/aromatic N) is 4. The molecule has 1 aliphatic heterocycles. The van der Waals surface area contributed by atoms with E-state index in [1.807, 2.05) is 0 Å². The quantitative estimate of drug-likeness (QED) is 0.511. The molecule has 0 bridgehead atoms. The van der Waals surface area contributed by atoms with Gasteiger partial charge in [0.1, 0.15) is 5.75 Å². The minimum atomic E-state index is -4.95. The van der Waals surface area contributed by atoms with Crippen LogP contribution < -0.4 is 19.5 Å². The first-order valence-electron chi connectivity index (χ1n) is 11.2. The second-order valence-electron chi connectivity index (χ2n) is 8.15. The van der Waals surface area contributed by atoms with Crippen LogP contribution in [0.1, 0.15) is 33.2 Å². The lowest BCUT2D eigenvalue weighted by Crippen LogP contribution is -2.53. The summed E-state index contributed by atoms with van der Waals surface area (Å²) in [5.74, 6) is -1.09. The van der Waals surface area contributed by atoms with Gasteiger partial charge >= 0.3 is 6.36 Å². The van der Waals surface area contributed by atoms with E-state index in [1.54, 1.807) is 28.0 Å². The second kappa shape index (κ2) is 10.8. The summed E-state index contributed by atoms with van der Waals surface area (Å²) in [6.45, 7) is 0.455. The van der Waals surface area contributed by atoms with Gasteiger partial charge in [-0.15, -0.1) is 13.2 Å². The molecular formula is C24H24F3N5O5. The summed E-state index contributed by atoms with van der Waals surface area (Å²) in [4.78, 5) is 32.0. The molecule has 13 heteroatoms. The number of piperidine rings is 1. The van der Waals surface area contributed by atoms with Crippen molar-refractivity contribution in [3.63, 3.8) is 0 Å². The number of hydrogen-bond acceptors (Lipinski definition) is 7. The first-order chi connectivity index (χ1) is 17.7. The predicted octanol–water partition coefficient (Wildman–Crippen LogP) is 3.08. The Labute approximate surface area is 209 Å². The number of pyridine rings is 1. The molecule has 1 fully saturated rings. The number of nitrogens with one attached hydrogen (secondary N) is 1. The Bertz CT molecular complexity index is 1250. The van der Waals surface area contributed by atoms with Crippen molar-refractivity contribution in [1.29, 1.82) is 0 Å². The van der Waals surface area contributed by atoms with Crippen molar-refractivity contribution < 1.29 is 37.0 Å². The third-order valence-corrected chi connectivity index (χ3v) is 5.89. The lowest BCUT2D eigenvalue weighted by atomic mass is 9.97. The molecule has 0 aliphatic carbocycles. The van der Waals surface area contributed by atoms with Crippen LogP contribution in [0.15, 0.2) is 55.0 Å². The molecular weight excluding hydrogens is 495 g/mol. The van der Waals surface area contributed by atoms with Crippen molar-refractivity contribution in [2.24, 2.45) is 0 Å². The Kier molecular flexibility index (Phi) is 7.50. The molecule has 1 N–H and O–H groups in total. The molecule has 1 saturated heterocycles. The molecule has 2 amide bonds. The number of rotatable bonds is 7. The molecule has 3 heterocycles. The summed E-state index contributed by atoms with van der Waals surface area (Å²) in [6, 6.07) is 7.33. The summed E-state index contributed by atoms with van der Waals surface area (Å²) in [7, 11) is 2.88. The van der Waals surface area contributed by atoms with Gasteiger partial charge in [0.2, 0.25) is 0 Å². The molecule has 196 valence electrons. The van der Waals surface area contributed by atoms with Gasteiger partial charge in [0.15, 0.2) is 5.75 Å². The zero-order valence-electron chi connectivity index (χ0n) is 19.9. The van der Waals surface area contributed by atoms with E-state index in [0.29, 0.717) is 12.2 Å². The second-order valence-corrected chi connectivity index (χ2v) is 8.15. The zero-order chi connectivity index (χ0) is 26.6. The van der Waals surface area contributed by atoms with Crippen molar-refractivity contribution in [1.82, 2.24) is 25.0 Å². The van der Waals surface area contributed by atoms with E-state index in [9.17, 15) is 22.8 Å². The fourth-order valence-corrected chi connectivity index (χ4v) is 4.17. The number of hydrogen-bond donors (Lipinski definition) is 1. The monoisotopic (exact) mass is 519 g/mol. The van der Waals surface area contributed by atoms with Crippen LogP contribution in [0.4, 0.5) is 13.2 Å². The number of ether oxygens (including phenoxy) is 3. The van der Waals surface area contributed by atoms with Crippen LogP contribution in [0.2, 0.25) is 0 Å². The third-order valence-electron chi connectivity index (χ3n) is 5.89. The highest BCUT2D eigenvalue weighted by Gasteiger charge is 2.36. The molecule has 1 aliphatic rings. The number of para-hydroxylation sites is 1. The third kappa shape index (κ3) is 5.93. The number of likely N-dealkylation sites (tertiary alicyclic amines) is 1. The minimum Gasteiger partial charge on any atom is -0.491 e. The average molecular weight is 519 g/mol. The number of aromatic nitrogens is 3. The lowest BCUT2D eigenvalue weighted by molar-refractivity contribution is -0.274. The van der Waals surface area contributed by atoms with Crippen LogP contribution in [0.3, 0.4) is 0 Å². The predicted molar refractivity (Wildman–Crippen MR) is 124 cm³/mol. The molecule has 0 saturated carbocycles. The van der Waals surface area contributed by atoms with Crippen LogP contribution in [0.25, 0.3) is 0 Å². The van der Waals surface area contributed by atoms with Gasteiger partial charge in [-0.3, -0.25) is 14.3 Å². The van der Waals surface area contributed by atoms with E-state index in [2.05, 4.69) is 20.1 Å². The van der Waals surface area contributed by atoms with Gasteiger partial charge in [-0.05, 0) is 24.6 Å². The smallest absolute Gasteiger partial charge is 0.491 e. The molecule has 0 unspecified atom stereocenters. The topological polar surface area (TPSA) is 108 Å². The molecule has 10 nitrogen and oxygen atoms in total. The van der Waals surface area contributed by atoms with Crippen molar-refractivity contribution in [2.75, 3.05) is 27.3 Å². The summed E-state index contributed by atoms with van der Waals surface area (Å²) >= 11 is 0. The molecule has 0 radical (unpaired) electrons. The summed E-state index contributed by atoms with van der Waals surface area (Å²) in [5, 5.41) is 7.06. The first-order valence-corrected chi connectivity index (χ1v) is 11.2. The molecule has 0 spiro atoms. The summed E-state index contributed by atoms with van der Waals surface area (Å²) in [6.07, 6.45) is 0.0165. The van der Waals surface area contributed by atoms with Crippen molar-refractivity contribution in [2.45, 2.75) is 24.9 Å². The number of carbonyl (C=O) groups excluding carboxylic acids is 2. The maximum Gasteiger partial charge on any atom is 0.573 e. The number of carbonyl (C=O) groups is 2. The zero-order valence-corrected chi connectivity index (χ0v) is 19.9. The Balaban J connectivity index is 1.54. The number of alkyl halides is 3. The van der Waals surface area contributed by atoms with Gasteiger partial charge in [-0.1, -0.05) is 12.1 Å². The normalized spacial score (nSPS) is 17.7. The Hall–Kier alpha value is -4.29. The molecule has 3 aromatic rings. The van der Waals surface area contributed by atoms with Crippen molar-refractivity contribution in [3.05, 3.63) is 66.1 Å². The van der Waals surface area contributed by atoms with Gasteiger partial charge in [-0.25, -0.2) is 4.98 Å². The van der Waals surface area contributed by atoms with Crippen LogP contribution >= 0.6 is 0 Å². The van der Waals surface area contributed by atoms with Crippen LogP contribution in [0, 0.1) is 0 Å². The average Bonchev–Trinajstić information content (AvgIpc) is 3.42. The Morgan fingerprint density at radius 1 is 1.11 bits per heavy atom. The number of halogens is 3. The number of benzene rings is 1. The maximum absolute atomic E-state index is 13.3. The van der Waals surface area contributed by atoms with E-state index in [0.717, 1.165) is 6.07 Å². The number of amides is 2. The number of methoxy groups -OCH3 is 2. The van der Waals surface area contributed by atoms with Crippen molar-refractivity contribution >= 4 is 11.8 Å². The van der Waals surface area contributed by atoms with Crippen LogP contribution in [0.5, 0.6) is 17.4 Å². The van der Waals surface area contributed by atoms with Gasteiger partial charge in [-0.2, -0.15) is 5.10 Å². The molecule has 2 aromatic heterocycles. The van der Waals surface area contributed by atoms with E-state index >= 15 is 0 Å². The van der Waals surface area contributed by atoms with Gasteiger partial charge < -0.3 is 24.4 Å². The summed E-state index contributed by atoms with van der Waals surface area (Å²) in [5.41, 5.74) is 0.0338. The SMILES string of the molecule is COc1cc(C(=O)N2CC[C@@H](NC(=O)c3ccccc3OC(F)(F)F)[C@H](n3cccn3)C2)cnc1OC. The van der Waals surface area contributed by atoms with E-state index in [-0.39, 0.29) is 36.0 Å². The maximum atomic E-state index is 13.3. The molecule has 1 aromatic carbocycles. The fraction of sp³-hybridized carbons (Fsp3) is 0.333. The highest BCUT2D eigenvalue weighted by Crippen LogP contribution is 2.29. The highest BCUT2D eigenvalue weighted by atomic mass is 19.4. The van der Waals surface area contributed by atoms with E-state index < -0.39 is 30.1 Å². The van der Waals surface area contributed by atoms with Gasteiger partial charge in [0.05, 0.1) is 37.4 Å². The fourth-order valence-electron chi connectivity index (χ4n) is 4.17. The van der Waals surface area contributed by atoms with E-state index in [1.165, 1.54) is 44.7 Å².